The third kappa shape index (κ3) is 19.6. The van der Waals surface area contributed by atoms with E-state index in [0.717, 1.165) is 48.4 Å². The van der Waals surface area contributed by atoms with E-state index in [2.05, 4.69) is 167 Å². The quantitative estimate of drug-likeness (QED) is 0.0603. The smallest absolute Gasteiger partial charge is 0.294 e. The number of hydrogen-bond acceptors (Lipinski definition) is 16. The van der Waals surface area contributed by atoms with E-state index < -0.39 is 40.5 Å². The van der Waals surface area contributed by atoms with Crippen molar-refractivity contribution in [3.8, 4) is 0 Å². The maximum Gasteiger partial charge on any atom is 0.294 e. The van der Waals surface area contributed by atoms with Crippen molar-refractivity contribution in [1.82, 2.24) is 40.9 Å². The highest BCUT2D eigenvalue weighted by atomic mass is 32.2. The molecular weight excluding hydrogens is 1300 g/mol. The summed E-state index contributed by atoms with van der Waals surface area (Å²) in [6.45, 7) is 11.2. The average molecular weight is 1390 g/mol. The molecule has 13 rings (SSSR count). The molecule has 8 N–H and O–H groups in total. The number of rotatable bonds is 8. The lowest BCUT2D eigenvalue weighted by molar-refractivity contribution is 0.275. The number of nitrogens with one attached hydrogen (secondary N) is 4. The zero-order valence-electron chi connectivity index (χ0n) is 55.5. The third-order valence-electron chi connectivity index (χ3n) is 18.9. The molecule has 3 saturated heterocycles. The molecule has 0 radical (unpaired) electrons. The van der Waals surface area contributed by atoms with Crippen LogP contribution in [-0.2, 0) is 40.5 Å². The Balaban J connectivity index is 0.000000196. The van der Waals surface area contributed by atoms with Crippen LogP contribution in [0.1, 0.15) is 47.9 Å². The van der Waals surface area contributed by atoms with E-state index in [1.807, 2.05) is 27.7 Å². The van der Waals surface area contributed by atoms with E-state index in [9.17, 15) is 33.7 Å². The summed E-state index contributed by atoms with van der Waals surface area (Å²) in [6, 6.07) is 26.7. The second-order valence-electron chi connectivity index (χ2n) is 26.2. The summed E-state index contributed by atoms with van der Waals surface area (Å²) in [5.41, 5.74) is 9.73. The summed E-state index contributed by atoms with van der Waals surface area (Å²) in [5, 5.41) is 17.3. The van der Waals surface area contributed by atoms with Gasteiger partial charge in [-0.2, -0.15) is 33.7 Å². The molecule has 12 atom stereocenters. The van der Waals surface area contributed by atoms with Crippen LogP contribution in [0.2, 0.25) is 0 Å². The SMILES string of the molecule is CN1C=CC(C2C3C=CC(N3)C(C3=CCN(C)C=C3)C3CCC(N3)C(C3=CCN(C)C=C3)C3C=CC(N3)C(C3=CCN(C)C=C3)C3CCC2N3)=CC1.Cc1ccc(S(=O)(=O)O)cc1.Cc1ccc(S(=O)(=O)O)cc1.Cc1ccc(S(=O)(=O)O)cc1.Cc1ccc(S(=O)(=O)O)cc1. The number of fused-ring (bicyclic) bond motifs is 8. The first-order chi connectivity index (χ1) is 45.4. The Labute approximate surface area is 568 Å². The van der Waals surface area contributed by atoms with Crippen LogP contribution < -0.4 is 21.3 Å². The first-order valence-corrected chi connectivity index (χ1v) is 38.1. The lowest BCUT2D eigenvalue weighted by Gasteiger charge is -2.39. The number of aryl methyl sites for hydroxylation is 4. The molecule has 4 aromatic carbocycles. The van der Waals surface area contributed by atoms with Gasteiger partial charge in [-0.15, -0.1) is 0 Å². The van der Waals surface area contributed by atoms with Gasteiger partial charge in [0.1, 0.15) is 0 Å². The van der Waals surface area contributed by atoms with Gasteiger partial charge >= 0.3 is 0 Å². The lowest BCUT2D eigenvalue weighted by Crippen LogP contribution is -2.55. The predicted octanol–water partition coefficient (Wildman–Crippen LogP) is 9.01. The maximum atomic E-state index is 10.5. The van der Waals surface area contributed by atoms with Crippen molar-refractivity contribution >= 4 is 40.5 Å². The normalized spacial score (nSPS) is 27.5. The third-order valence-corrected chi connectivity index (χ3v) is 22.4. The molecular formula is C72H92N8O12S4. The molecule has 12 unspecified atom stereocenters. The monoisotopic (exact) mass is 1390 g/mol. The average Bonchev–Trinajstić information content (AvgIpc) is 1.61. The number of nitrogens with zero attached hydrogens (tertiary/aromatic N) is 4. The van der Waals surface area contributed by atoms with Gasteiger partial charge in [0.15, 0.2) is 0 Å². The summed E-state index contributed by atoms with van der Waals surface area (Å²) >= 11 is 0. The highest BCUT2D eigenvalue weighted by molar-refractivity contribution is 7.86. The van der Waals surface area contributed by atoms with Crippen LogP contribution in [0.5, 0.6) is 0 Å². The van der Waals surface area contributed by atoms with Crippen molar-refractivity contribution in [3.63, 3.8) is 0 Å². The first-order valence-electron chi connectivity index (χ1n) is 32.3. The molecule has 0 spiro atoms. The fourth-order valence-electron chi connectivity index (χ4n) is 13.7. The minimum atomic E-state index is -4.02. The van der Waals surface area contributed by atoms with E-state index >= 15 is 0 Å². The highest BCUT2D eigenvalue weighted by Gasteiger charge is 2.48. The molecule has 0 saturated carbocycles. The molecule has 3 fully saturated rings. The van der Waals surface area contributed by atoms with E-state index in [4.69, 9.17) is 18.2 Å². The minimum Gasteiger partial charge on any atom is -0.377 e. The van der Waals surface area contributed by atoms with Crippen LogP contribution in [0.4, 0.5) is 0 Å². The van der Waals surface area contributed by atoms with E-state index in [1.165, 1.54) is 96.5 Å². The Bertz CT molecular complexity index is 3640. The summed E-state index contributed by atoms with van der Waals surface area (Å²) in [7, 11) is -7.36. The second-order valence-corrected chi connectivity index (χ2v) is 31.9. The van der Waals surface area contributed by atoms with Crippen molar-refractivity contribution in [2.24, 2.45) is 23.7 Å². The molecule has 0 amide bonds. The standard InChI is InChI=1S/C44H60N8.4C7H8O3S/c1-49-21-13-29(14-22-49)41-33-5-7-35(45-33)42(30-15-23-50(2)24-16-30)37-9-11-39(47-37)44(32-19-27-52(4)28-20-32)40-12-10-38(48-40)43(36-8-6-34(41)46-36)31-17-25-51(3)26-18-31;4*1-6-2-4-7(5-3-6)11(8,9)10/h5,7,10,12-21,23,25,27,33-48H,6,8-9,11,22,24,26,28H2,1-4H3;4*2-5H,1H3,(H,8,9,10). The van der Waals surface area contributed by atoms with Crippen LogP contribution in [0.15, 0.2) is 237 Å². The van der Waals surface area contributed by atoms with Crippen LogP contribution in [0.3, 0.4) is 0 Å². The summed E-state index contributed by atoms with van der Waals surface area (Å²) in [5.74, 6) is 1.47. The molecule has 516 valence electrons. The summed E-state index contributed by atoms with van der Waals surface area (Å²) in [6.07, 6.45) is 43.6. The van der Waals surface area contributed by atoms with Gasteiger partial charge in [0, 0.05) is 126 Å². The van der Waals surface area contributed by atoms with Gasteiger partial charge in [-0.25, -0.2) is 0 Å². The van der Waals surface area contributed by atoms with Gasteiger partial charge in [-0.1, -0.05) is 119 Å². The van der Waals surface area contributed by atoms with Crippen molar-refractivity contribution in [2.45, 2.75) is 121 Å². The Morgan fingerprint density at radius 2 is 0.500 bits per heavy atom. The minimum absolute atomic E-state index is 0.0666. The zero-order valence-corrected chi connectivity index (χ0v) is 58.8. The Hall–Kier alpha value is -7.04. The summed E-state index contributed by atoms with van der Waals surface area (Å²) in [4.78, 5) is 8.88. The molecule has 96 heavy (non-hydrogen) atoms. The van der Waals surface area contributed by atoms with Gasteiger partial charge in [0.05, 0.1) is 19.6 Å². The van der Waals surface area contributed by atoms with Crippen LogP contribution >= 0.6 is 0 Å². The molecule has 9 aliphatic rings. The van der Waals surface area contributed by atoms with Crippen molar-refractivity contribution in [2.75, 3.05) is 54.4 Å². The van der Waals surface area contributed by atoms with Gasteiger partial charge in [0.25, 0.3) is 40.5 Å². The molecule has 9 aliphatic heterocycles. The highest BCUT2D eigenvalue weighted by Crippen LogP contribution is 2.42. The van der Waals surface area contributed by atoms with Gasteiger partial charge in [0.2, 0.25) is 0 Å². The molecule has 0 aliphatic carbocycles. The fourth-order valence-corrected chi connectivity index (χ4v) is 15.6. The molecule has 24 heteroatoms. The number of allylic oxidation sites excluding steroid dienone is 4. The van der Waals surface area contributed by atoms with Gasteiger partial charge in [-0.3, -0.25) is 18.2 Å². The summed E-state index contributed by atoms with van der Waals surface area (Å²) < 4.78 is 118. The van der Waals surface area contributed by atoms with Gasteiger partial charge in [-0.05, 0) is 173 Å². The fraction of sp³-hybridized carbons (Fsp3) is 0.389. The van der Waals surface area contributed by atoms with Crippen LogP contribution in [-0.4, -0.2) is 174 Å². The van der Waals surface area contributed by atoms with Crippen LogP contribution in [0, 0.1) is 51.4 Å². The van der Waals surface area contributed by atoms with E-state index in [0.29, 0.717) is 47.8 Å². The van der Waals surface area contributed by atoms with Crippen molar-refractivity contribution < 1.29 is 51.9 Å². The zero-order chi connectivity index (χ0) is 69.3. The van der Waals surface area contributed by atoms with E-state index in [1.54, 1.807) is 48.5 Å². The molecule has 4 aromatic rings. The lowest BCUT2D eigenvalue weighted by atomic mass is 9.81. The van der Waals surface area contributed by atoms with Crippen molar-refractivity contribution in [3.05, 3.63) is 239 Å². The second kappa shape index (κ2) is 31.7. The largest absolute Gasteiger partial charge is 0.377 e. The number of benzene rings is 4. The van der Waals surface area contributed by atoms with Crippen molar-refractivity contribution in [1.29, 1.82) is 0 Å². The van der Waals surface area contributed by atoms with Crippen LogP contribution in [0.25, 0.3) is 0 Å². The Kier molecular flexibility index (Phi) is 24.1. The topological polar surface area (TPSA) is 279 Å². The Morgan fingerprint density at radius 1 is 0.312 bits per heavy atom. The van der Waals surface area contributed by atoms with Gasteiger partial charge < -0.3 is 40.9 Å². The molecule has 20 nitrogen and oxygen atoms in total. The molecule has 8 bridgehead atoms. The number of likely N-dealkylation sites (N-methyl/N-ethyl adjacent to an activating group) is 4. The van der Waals surface area contributed by atoms with E-state index in [-0.39, 0.29) is 43.7 Å². The number of hydrogen-bond donors (Lipinski definition) is 8. The Morgan fingerprint density at radius 3 is 0.656 bits per heavy atom. The maximum absolute atomic E-state index is 10.5. The predicted molar refractivity (Wildman–Crippen MR) is 377 cm³/mol. The first kappa shape index (κ1) is 73.2. The molecule has 9 heterocycles. The molecule has 0 aromatic heterocycles.